The summed E-state index contributed by atoms with van der Waals surface area (Å²) in [6.45, 7) is 1.49. The zero-order valence-electron chi connectivity index (χ0n) is 14.3. The number of carbonyl (C=O) groups is 1. The molecule has 0 aliphatic carbocycles. The Bertz CT molecular complexity index is 1010. The molecule has 6 N–H and O–H groups in total. The number of fused-ring (bicyclic) bond motifs is 2. The summed E-state index contributed by atoms with van der Waals surface area (Å²) < 4.78 is 5.89. The van der Waals surface area contributed by atoms with Gasteiger partial charge in [-0.05, 0) is 29.8 Å². The number of aliphatic hydroxyl groups excluding tert-OH is 2. The van der Waals surface area contributed by atoms with Gasteiger partial charge in [0, 0.05) is 19.6 Å². The number of nitrogens with two attached hydrogens (primary N) is 2. The van der Waals surface area contributed by atoms with E-state index < -0.39 is 5.91 Å². The molecule has 1 aromatic heterocycles. The molecule has 0 aliphatic rings. The second-order valence-electron chi connectivity index (χ2n) is 6.11. The van der Waals surface area contributed by atoms with E-state index in [1.54, 1.807) is 18.2 Å². The van der Waals surface area contributed by atoms with Gasteiger partial charge in [-0.2, -0.15) is 0 Å². The molecule has 0 bridgehead atoms. The molecule has 1 heterocycles. The van der Waals surface area contributed by atoms with E-state index in [0.717, 1.165) is 5.56 Å². The molecular weight excluding hydrogens is 334 g/mol. The van der Waals surface area contributed by atoms with Crippen LogP contribution in [0.15, 0.2) is 40.8 Å². The lowest BCUT2D eigenvalue weighted by atomic mass is 10.0. The van der Waals surface area contributed by atoms with Crippen molar-refractivity contribution in [3.8, 4) is 0 Å². The summed E-state index contributed by atoms with van der Waals surface area (Å²) in [5.74, 6) is -0.565. The highest BCUT2D eigenvalue weighted by Gasteiger charge is 2.16. The molecule has 1 amide bonds. The summed E-state index contributed by atoms with van der Waals surface area (Å²) in [6.07, 6.45) is 0. The summed E-state index contributed by atoms with van der Waals surface area (Å²) in [6, 6.07) is 10.7. The number of hydrogen-bond acceptors (Lipinski definition) is 5. The molecule has 0 spiro atoms. The molecule has 0 fully saturated rings. The van der Waals surface area contributed by atoms with Gasteiger partial charge in [0.1, 0.15) is 16.6 Å². The molecule has 3 rings (SSSR count). The normalized spacial score (nSPS) is 11.5. The number of hydrogen-bond donors (Lipinski definition) is 4. The fraction of sp³-hybridized carbons (Fsp3) is 0.263. The maximum Gasteiger partial charge on any atom is 0.249 e. The predicted molar refractivity (Wildman–Crippen MR) is 96.7 cm³/mol. The number of amides is 1. The standard InChI is InChI=1S/C19H21N3O4/c20-18-14-10-12(11-22(6-8-23)7-9-24)4-5-15(14)26-16-3-1-2-13(17(16)18)19(21)25/h1-5,10,20,23-24H,6-9,11H2,(H2,21,25)/p+1. The molecule has 0 aliphatic heterocycles. The van der Waals surface area contributed by atoms with Crippen molar-refractivity contribution in [3.05, 3.63) is 52.9 Å². The summed E-state index contributed by atoms with van der Waals surface area (Å²) in [5, 5.41) is 26.3. The van der Waals surface area contributed by atoms with Gasteiger partial charge in [0.05, 0.1) is 24.2 Å². The van der Waals surface area contributed by atoms with Gasteiger partial charge in [-0.15, -0.1) is 0 Å². The van der Waals surface area contributed by atoms with Gasteiger partial charge in [0.25, 0.3) is 0 Å². The Morgan fingerprint density at radius 3 is 2.50 bits per heavy atom. The van der Waals surface area contributed by atoms with Gasteiger partial charge < -0.3 is 20.4 Å². The predicted octanol–water partition coefficient (Wildman–Crippen LogP) is -0.869. The van der Waals surface area contributed by atoms with Crippen LogP contribution >= 0.6 is 0 Å². The molecule has 2 aromatic carbocycles. The van der Waals surface area contributed by atoms with E-state index in [1.807, 2.05) is 23.1 Å². The largest absolute Gasteiger partial charge is 0.456 e. The minimum absolute atomic E-state index is 0.0116. The minimum Gasteiger partial charge on any atom is -0.456 e. The maximum absolute atomic E-state index is 11.7. The molecule has 3 aromatic rings. The van der Waals surface area contributed by atoms with Crippen molar-refractivity contribution in [3.63, 3.8) is 0 Å². The molecule has 0 radical (unpaired) electrons. The Morgan fingerprint density at radius 2 is 1.85 bits per heavy atom. The minimum atomic E-state index is -0.565. The van der Waals surface area contributed by atoms with Gasteiger partial charge in [0.15, 0.2) is 0 Å². The second kappa shape index (κ2) is 7.65. The van der Waals surface area contributed by atoms with Crippen LogP contribution in [-0.4, -0.2) is 47.3 Å². The number of benzene rings is 2. The molecule has 136 valence electrons. The lowest BCUT2D eigenvalue weighted by molar-refractivity contribution is -0.168. The highest BCUT2D eigenvalue weighted by atomic mass is 16.3. The van der Waals surface area contributed by atoms with E-state index in [-0.39, 0.29) is 13.2 Å². The first kappa shape index (κ1) is 18.1. The molecule has 7 nitrogen and oxygen atoms in total. The van der Waals surface area contributed by atoms with E-state index in [1.165, 1.54) is 0 Å². The van der Waals surface area contributed by atoms with E-state index in [2.05, 4.69) is 0 Å². The number of aliphatic hydroxyl groups is 2. The summed E-state index contributed by atoms with van der Waals surface area (Å²) in [7, 11) is 0. The Hall–Kier alpha value is -2.74. The maximum atomic E-state index is 11.7. The average molecular weight is 356 g/mol. The van der Waals surface area contributed by atoms with Crippen LogP contribution < -0.4 is 16.5 Å². The van der Waals surface area contributed by atoms with Crippen LogP contribution in [0, 0.1) is 0 Å². The number of carbonyl (C=O) groups excluding carboxylic acids is 1. The third kappa shape index (κ3) is 3.45. The third-order valence-corrected chi connectivity index (χ3v) is 4.35. The van der Waals surface area contributed by atoms with Crippen LogP contribution in [0.3, 0.4) is 0 Å². The number of nitrogens with zero attached hydrogens (tertiary/aromatic N) is 1. The third-order valence-electron chi connectivity index (χ3n) is 4.35. The van der Waals surface area contributed by atoms with Crippen LogP contribution in [0.2, 0.25) is 0 Å². The zero-order valence-corrected chi connectivity index (χ0v) is 14.3. The molecular formula is C19H22N3O4+. The Morgan fingerprint density at radius 1 is 1.12 bits per heavy atom. The van der Waals surface area contributed by atoms with E-state index in [0.29, 0.717) is 52.5 Å². The van der Waals surface area contributed by atoms with Crippen molar-refractivity contribution in [2.75, 3.05) is 26.3 Å². The Labute approximate surface area is 149 Å². The van der Waals surface area contributed by atoms with Crippen molar-refractivity contribution >= 4 is 27.8 Å². The van der Waals surface area contributed by atoms with Gasteiger partial charge >= 0.3 is 0 Å². The Kier molecular flexibility index (Phi) is 5.32. The SMILES string of the molecule is NC(=O)c1cccc2oc3ccc(CN(CCO)CCO)cc3c(=[NH2+])c12. The topological polar surface area (TPSA) is 126 Å². The monoisotopic (exact) mass is 356 g/mol. The number of rotatable bonds is 7. The summed E-state index contributed by atoms with van der Waals surface area (Å²) >= 11 is 0. The summed E-state index contributed by atoms with van der Waals surface area (Å²) in [4.78, 5) is 13.7. The van der Waals surface area contributed by atoms with Crippen molar-refractivity contribution < 1.29 is 24.8 Å². The van der Waals surface area contributed by atoms with Crippen molar-refractivity contribution in [1.82, 2.24) is 4.90 Å². The zero-order chi connectivity index (χ0) is 18.7. The molecule has 26 heavy (non-hydrogen) atoms. The van der Waals surface area contributed by atoms with Gasteiger partial charge in [-0.3, -0.25) is 15.1 Å². The van der Waals surface area contributed by atoms with Crippen molar-refractivity contribution in [2.24, 2.45) is 5.73 Å². The van der Waals surface area contributed by atoms with E-state index in [4.69, 9.17) is 25.8 Å². The molecule has 7 heteroatoms. The van der Waals surface area contributed by atoms with Crippen LogP contribution in [0.4, 0.5) is 0 Å². The molecule has 0 atom stereocenters. The average Bonchev–Trinajstić information content (AvgIpc) is 2.62. The fourth-order valence-corrected chi connectivity index (χ4v) is 3.14. The first-order valence-electron chi connectivity index (χ1n) is 8.36. The lowest BCUT2D eigenvalue weighted by Gasteiger charge is -2.20. The van der Waals surface area contributed by atoms with Crippen LogP contribution in [0.5, 0.6) is 0 Å². The fourth-order valence-electron chi connectivity index (χ4n) is 3.14. The molecule has 0 unspecified atom stereocenters. The van der Waals surface area contributed by atoms with Crippen LogP contribution in [-0.2, 0) is 6.54 Å². The summed E-state index contributed by atoms with van der Waals surface area (Å²) in [5.41, 5.74) is 7.85. The van der Waals surface area contributed by atoms with Gasteiger partial charge in [-0.25, -0.2) is 0 Å². The quantitative estimate of drug-likeness (QED) is 0.410. The first-order valence-corrected chi connectivity index (χ1v) is 8.36. The lowest BCUT2D eigenvalue weighted by Crippen LogP contribution is -2.46. The Balaban J connectivity index is 2.12. The highest BCUT2D eigenvalue weighted by Crippen LogP contribution is 2.22. The van der Waals surface area contributed by atoms with Gasteiger partial charge in [0.2, 0.25) is 11.3 Å². The first-order chi connectivity index (χ1) is 12.5. The highest BCUT2D eigenvalue weighted by molar-refractivity contribution is 6.06. The van der Waals surface area contributed by atoms with Crippen molar-refractivity contribution in [2.45, 2.75) is 6.54 Å². The van der Waals surface area contributed by atoms with E-state index >= 15 is 0 Å². The van der Waals surface area contributed by atoms with E-state index in [9.17, 15) is 4.79 Å². The van der Waals surface area contributed by atoms with Crippen molar-refractivity contribution in [1.29, 1.82) is 0 Å². The smallest absolute Gasteiger partial charge is 0.249 e. The second-order valence-corrected chi connectivity index (χ2v) is 6.11. The van der Waals surface area contributed by atoms with Crippen LogP contribution in [0.1, 0.15) is 15.9 Å². The van der Waals surface area contributed by atoms with Gasteiger partial charge in [-0.1, -0.05) is 12.1 Å². The van der Waals surface area contributed by atoms with Crippen LogP contribution in [0.25, 0.3) is 21.9 Å². The molecule has 0 saturated carbocycles. The number of primary amides is 1. The molecule has 0 saturated heterocycles.